The molecule has 0 saturated carbocycles. The molecule has 1 aromatic heterocycles. The predicted octanol–water partition coefficient (Wildman–Crippen LogP) is 4.20. The van der Waals surface area contributed by atoms with Crippen LogP contribution in [0.3, 0.4) is 0 Å². The summed E-state index contributed by atoms with van der Waals surface area (Å²) in [6.45, 7) is 8.85. The van der Waals surface area contributed by atoms with Gasteiger partial charge in [0, 0.05) is 31.3 Å². The minimum absolute atomic E-state index is 0.0723. The SMILES string of the molecule is CCNC(=O)c1nocc1-c1ccc(CN2CCOCC2c2cc(C(C)C)c(O)cc2O)cc1. The van der Waals surface area contributed by atoms with E-state index in [2.05, 4.69) is 15.4 Å². The lowest BCUT2D eigenvalue weighted by Gasteiger charge is -2.36. The summed E-state index contributed by atoms with van der Waals surface area (Å²) in [6, 6.07) is 11.1. The van der Waals surface area contributed by atoms with Crippen molar-refractivity contribution in [3.63, 3.8) is 0 Å². The molecule has 1 atom stereocenters. The highest BCUT2D eigenvalue weighted by atomic mass is 16.5. The fourth-order valence-corrected chi connectivity index (χ4v) is 4.33. The second kappa shape index (κ2) is 10.3. The standard InChI is InChI=1S/C26H31N3O5/c1-4-27-26(32)25-21(14-34-28-25)18-7-5-17(6-8-18)13-29-9-10-33-15-22(29)20-11-19(16(2)3)23(30)12-24(20)31/h5-8,11-12,14,16,22,30-31H,4,9-10,13,15H2,1-3H3,(H,27,32). The lowest BCUT2D eigenvalue weighted by Crippen LogP contribution is -2.39. The van der Waals surface area contributed by atoms with Crippen molar-refractivity contribution in [2.24, 2.45) is 0 Å². The molecule has 1 unspecified atom stereocenters. The van der Waals surface area contributed by atoms with Crippen LogP contribution in [-0.2, 0) is 11.3 Å². The molecule has 1 saturated heterocycles. The van der Waals surface area contributed by atoms with E-state index in [4.69, 9.17) is 9.26 Å². The number of morpholine rings is 1. The molecular weight excluding hydrogens is 434 g/mol. The largest absolute Gasteiger partial charge is 0.508 e. The van der Waals surface area contributed by atoms with Gasteiger partial charge in [0.05, 0.1) is 24.8 Å². The highest BCUT2D eigenvalue weighted by Crippen LogP contribution is 2.38. The minimum Gasteiger partial charge on any atom is -0.508 e. The second-order valence-corrected chi connectivity index (χ2v) is 8.82. The summed E-state index contributed by atoms with van der Waals surface area (Å²) in [6.07, 6.45) is 1.48. The first-order valence-electron chi connectivity index (χ1n) is 11.6. The molecule has 3 N–H and O–H groups in total. The van der Waals surface area contributed by atoms with Gasteiger partial charge in [-0.1, -0.05) is 43.3 Å². The number of carbonyl (C=O) groups is 1. The van der Waals surface area contributed by atoms with E-state index in [-0.39, 0.29) is 35.1 Å². The van der Waals surface area contributed by atoms with Gasteiger partial charge in [0.1, 0.15) is 17.8 Å². The van der Waals surface area contributed by atoms with Crippen molar-refractivity contribution in [1.82, 2.24) is 15.4 Å². The van der Waals surface area contributed by atoms with Gasteiger partial charge < -0.3 is 24.8 Å². The highest BCUT2D eigenvalue weighted by Gasteiger charge is 2.28. The molecule has 2 aromatic carbocycles. The molecule has 34 heavy (non-hydrogen) atoms. The zero-order valence-electron chi connectivity index (χ0n) is 19.7. The topological polar surface area (TPSA) is 108 Å². The Bertz CT molecular complexity index is 1140. The first-order chi connectivity index (χ1) is 16.4. The van der Waals surface area contributed by atoms with Crippen molar-refractivity contribution in [3.8, 4) is 22.6 Å². The Hall–Kier alpha value is -3.36. The van der Waals surface area contributed by atoms with Crippen LogP contribution in [0.2, 0.25) is 0 Å². The van der Waals surface area contributed by atoms with Crippen molar-refractivity contribution in [2.75, 3.05) is 26.3 Å². The third-order valence-corrected chi connectivity index (χ3v) is 6.17. The normalized spacial score (nSPS) is 16.6. The van der Waals surface area contributed by atoms with Crippen LogP contribution in [-0.4, -0.2) is 52.5 Å². The predicted molar refractivity (Wildman–Crippen MR) is 128 cm³/mol. The smallest absolute Gasteiger partial charge is 0.274 e. The maximum absolute atomic E-state index is 12.2. The number of aromatic nitrogens is 1. The van der Waals surface area contributed by atoms with E-state index in [0.29, 0.717) is 31.9 Å². The number of carbonyl (C=O) groups excluding carboxylic acids is 1. The molecule has 1 fully saturated rings. The summed E-state index contributed by atoms with van der Waals surface area (Å²) in [5.41, 5.74) is 4.42. The number of phenols is 2. The van der Waals surface area contributed by atoms with E-state index >= 15 is 0 Å². The molecule has 2 heterocycles. The summed E-state index contributed by atoms with van der Waals surface area (Å²) in [5, 5.41) is 27.4. The number of phenolic OH excluding ortho intramolecular Hbond substituents is 2. The number of hydrogen-bond acceptors (Lipinski definition) is 7. The molecular formula is C26H31N3O5. The maximum Gasteiger partial charge on any atom is 0.274 e. The molecule has 0 aliphatic carbocycles. The molecule has 8 heteroatoms. The molecule has 0 radical (unpaired) electrons. The average Bonchev–Trinajstić information content (AvgIpc) is 3.30. The fourth-order valence-electron chi connectivity index (χ4n) is 4.33. The lowest BCUT2D eigenvalue weighted by molar-refractivity contribution is -0.0135. The lowest BCUT2D eigenvalue weighted by atomic mass is 9.94. The number of aromatic hydroxyl groups is 2. The third kappa shape index (κ3) is 4.93. The van der Waals surface area contributed by atoms with Gasteiger partial charge in [0.2, 0.25) is 0 Å². The van der Waals surface area contributed by atoms with Gasteiger partial charge >= 0.3 is 0 Å². The fraction of sp³-hybridized carbons (Fsp3) is 0.385. The number of ether oxygens (including phenoxy) is 1. The van der Waals surface area contributed by atoms with Crippen LogP contribution in [0, 0.1) is 0 Å². The quantitative estimate of drug-likeness (QED) is 0.480. The van der Waals surface area contributed by atoms with E-state index in [9.17, 15) is 15.0 Å². The molecule has 1 aliphatic heterocycles. The highest BCUT2D eigenvalue weighted by molar-refractivity contribution is 5.98. The van der Waals surface area contributed by atoms with E-state index in [1.54, 1.807) is 0 Å². The van der Waals surface area contributed by atoms with Crippen LogP contribution in [0.25, 0.3) is 11.1 Å². The molecule has 1 amide bonds. The van der Waals surface area contributed by atoms with Gasteiger partial charge in [0.15, 0.2) is 5.69 Å². The van der Waals surface area contributed by atoms with Crippen molar-refractivity contribution < 1.29 is 24.3 Å². The van der Waals surface area contributed by atoms with Crippen LogP contribution in [0.5, 0.6) is 11.5 Å². The van der Waals surface area contributed by atoms with Crippen molar-refractivity contribution in [1.29, 1.82) is 0 Å². The number of rotatable bonds is 7. The Morgan fingerprint density at radius 1 is 1.21 bits per heavy atom. The summed E-state index contributed by atoms with van der Waals surface area (Å²) < 4.78 is 10.8. The maximum atomic E-state index is 12.2. The summed E-state index contributed by atoms with van der Waals surface area (Å²) in [7, 11) is 0. The third-order valence-electron chi connectivity index (χ3n) is 6.17. The van der Waals surface area contributed by atoms with Gasteiger partial charge in [-0.15, -0.1) is 0 Å². The minimum atomic E-state index is -0.263. The Morgan fingerprint density at radius 2 is 1.97 bits per heavy atom. The van der Waals surface area contributed by atoms with Gasteiger partial charge in [-0.25, -0.2) is 0 Å². The molecule has 8 nitrogen and oxygen atoms in total. The zero-order valence-corrected chi connectivity index (χ0v) is 19.7. The van der Waals surface area contributed by atoms with Crippen LogP contribution >= 0.6 is 0 Å². The van der Waals surface area contributed by atoms with E-state index in [1.807, 2.05) is 51.1 Å². The monoisotopic (exact) mass is 465 g/mol. The average molecular weight is 466 g/mol. The summed E-state index contributed by atoms with van der Waals surface area (Å²) in [4.78, 5) is 14.5. The number of hydrogen-bond donors (Lipinski definition) is 3. The number of amides is 1. The zero-order chi connectivity index (χ0) is 24.2. The molecule has 4 rings (SSSR count). The Morgan fingerprint density at radius 3 is 2.68 bits per heavy atom. The molecule has 0 spiro atoms. The van der Waals surface area contributed by atoms with E-state index in [1.165, 1.54) is 12.3 Å². The van der Waals surface area contributed by atoms with Crippen molar-refractivity contribution in [2.45, 2.75) is 39.3 Å². The van der Waals surface area contributed by atoms with Crippen molar-refractivity contribution in [3.05, 3.63) is 65.0 Å². The number of nitrogens with one attached hydrogen (secondary N) is 1. The van der Waals surface area contributed by atoms with Crippen molar-refractivity contribution >= 4 is 5.91 Å². The Balaban J connectivity index is 1.55. The Labute approximate surface area is 199 Å². The van der Waals surface area contributed by atoms with E-state index < -0.39 is 0 Å². The van der Waals surface area contributed by atoms with Gasteiger partial charge in [0.25, 0.3) is 5.91 Å². The van der Waals surface area contributed by atoms with Gasteiger partial charge in [-0.3, -0.25) is 9.69 Å². The van der Waals surface area contributed by atoms with Gasteiger partial charge in [-0.2, -0.15) is 0 Å². The summed E-state index contributed by atoms with van der Waals surface area (Å²) in [5.74, 6) is 0.0476. The van der Waals surface area contributed by atoms with Gasteiger partial charge in [-0.05, 0) is 35.6 Å². The molecule has 1 aliphatic rings. The first kappa shape index (κ1) is 23.8. The van der Waals surface area contributed by atoms with Crippen LogP contribution in [0.4, 0.5) is 0 Å². The number of benzene rings is 2. The Kier molecular flexibility index (Phi) is 7.19. The molecule has 0 bridgehead atoms. The van der Waals surface area contributed by atoms with Crippen LogP contribution < -0.4 is 5.32 Å². The summed E-state index contributed by atoms with van der Waals surface area (Å²) >= 11 is 0. The van der Waals surface area contributed by atoms with Crippen LogP contribution in [0.15, 0.2) is 47.2 Å². The molecule has 180 valence electrons. The number of nitrogens with zero attached hydrogens (tertiary/aromatic N) is 2. The first-order valence-corrected chi connectivity index (χ1v) is 11.6. The molecule has 3 aromatic rings. The second-order valence-electron chi connectivity index (χ2n) is 8.82. The van der Waals surface area contributed by atoms with E-state index in [0.717, 1.165) is 28.8 Å². The van der Waals surface area contributed by atoms with Crippen LogP contribution in [0.1, 0.15) is 59.9 Å².